The first-order chi connectivity index (χ1) is 31.6. The average molecular weight is 819 g/mol. The van der Waals surface area contributed by atoms with Gasteiger partial charge in [-0.3, -0.25) is 0 Å². The molecular formula is C58H34N4O2. The number of hydrogen-bond acceptors (Lipinski definition) is 6. The van der Waals surface area contributed by atoms with E-state index in [0.717, 1.165) is 99.9 Å². The highest BCUT2D eigenvalue weighted by Gasteiger charge is 2.19. The lowest BCUT2D eigenvalue weighted by atomic mass is 10.0. The summed E-state index contributed by atoms with van der Waals surface area (Å²) in [6, 6.07) is 74.9. The van der Waals surface area contributed by atoms with Crippen LogP contribution in [0.5, 0.6) is 0 Å². The number of anilines is 6. The first-order valence-corrected chi connectivity index (χ1v) is 21.1. The molecule has 0 spiro atoms. The molecule has 0 aliphatic heterocycles. The van der Waals surface area contributed by atoms with Crippen LogP contribution >= 0.6 is 0 Å². The van der Waals surface area contributed by atoms with Crippen molar-refractivity contribution in [3.8, 4) is 23.3 Å². The molecule has 0 radical (unpaired) electrons. The Bertz CT molecular complexity index is 3600. The van der Waals surface area contributed by atoms with E-state index >= 15 is 0 Å². The van der Waals surface area contributed by atoms with Crippen LogP contribution < -0.4 is 9.80 Å². The largest absolute Gasteiger partial charge is 0.456 e. The molecule has 2 heterocycles. The summed E-state index contributed by atoms with van der Waals surface area (Å²) in [4.78, 5) is 4.38. The molecule has 10 aromatic carbocycles. The molecule has 6 heteroatoms. The van der Waals surface area contributed by atoms with Crippen LogP contribution in [0.1, 0.15) is 11.1 Å². The molecule has 0 bridgehead atoms. The molecule has 0 unspecified atom stereocenters. The van der Waals surface area contributed by atoms with Gasteiger partial charge in [0.2, 0.25) is 0 Å². The smallest absolute Gasteiger partial charge is 0.137 e. The molecule has 0 saturated carbocycles. The van der Waals surface area contributed by atoms with Gasteiger partial charge < -0.3 is 18.6 Å². The van der Waals surface area contributed by atoms with Crippen LogP contribution in [-0.2, 0) is 0 Å². The Hall–Kier alpha value is -9.10. The second kappa shape index (κ2) is 14.8. The summed E-state index contributed by atoms with van der Waals surface area (Å²) in [5, 5.41) is 28.1. The normalized spacial score (nSPS) is 11.4. The third kappa shape index (κ3) is 6.26. The van der Waals surface area contributed by atoms with Crippen molar-refractivity contribution in [3.05, 3.63) is 217 Å². The Morgan fingerprint density at radius 2 is 0.609 bits per heavy atom. The molecule has 0 aliphatic carbocycles. The summed E-state index contributed by atoms with van der Waals surface area (Å²) in [5.74, 6) is 0. The Labute approximate surface area is 367 Å². The molecule has 0 amide bonds. The molecule has 6 nitrogen and oxygen atoms in total. The number of benzene rings is 10. The van der Waals surface area contributed by atoms with E-state index in [1.807, 2.05) is 60.7 Å². The minimum atomic E-state index is 0.601. The van der Waals surface area contributed by atoms with Crippen LogP contribution in [0.4, 0.5) is 34.1 Å². The Balaban J connectivity index is 0.894. The summed E-state index contributed by atoms with van der Waals surface area (Å²) >= 11 is 0. The molecule has 0 N–H and O–H groups in total. The molecule has 0 atom stereocenters. The monoisotopic (exact) mass is 818 g/mol. The van der Waals surface area contributed by atoms with Gasteiger partial charge in [0.25, 0.3) is 0 Å². The van der Waals surface area contributed by atoms with Gasteiger partial charge in [0.1, 0.15) is 22.3 Å². The highest BCUT2D eigenvalue weighted by Crippen LogP contribution is 2.42. The van der Waals surface area contributed by atoms with E-state index in [2.05, 4.69) is 168 Å². The number of nitrogens with zero attached hydrogens (tertiary/aromatic N) is 4. The third-order valence-corrected chi connectivity index (χ3v) is 12.3. The highest BCUT2D eigenvalue weighted by molar-refractivity contribution is 6.12. The predicted octanol–water partition coefficient (Wildman–Crippen LogP) is 16.1. The van der Waals surface area contributed by atoms with Gasteiger partial charge in [0.05, 0.1) is 23.3 Å². The first-order valence-electron chi connectivity index (χ1n) is 21.1. The van der Waals surface area contributed by atoms with Crippen molar-refractivity contribution >= 4 is 99.5 Å². The topological polar surface area (TPSA) is 80.3 Å². The fourth-order valence-electron chi connectivity index (χ4n) is 9.05. The lowest BCUT2D eigenvalue weighted by Crippen LogP contribution is -2.10. The van der Waals surface area contributed by atoms with E-state index in [0.29, 0.717) is 11.1 Å². The second-order valence-corrected chi connectivity index (χ2v) is 16.0. The van der Waals surface area contributed by atoms with Gasteiger partial charge in [0, 0.05) is 67.8 Å². The Kier molecular flexibility index (Phi) is 8.50. The van der Waals surface area contributed by atoms with Crippen molar-refractivity contribution in [2.45, 2.75) is 0 Å². The molecule has 0 fully saturated rings. The molecular weight excluding hydrogens is 785 g/mol. The zero-order chi connectivity index (χ0) is 42.7. The standard InChI is InChI=1S/C58H34N4O2/c59-35-37-9-17-45(18-10-37)61(49-25-27-51-53-29-41-5-1-3-7-43(41)31-55(53)63-57(51)33-49)47-21-13-39(14-22-47)40-15-23-48(24-16-40)62(46-19-11-38(36-60)12-20-46)50-26-28-52-54-30-42-6-2-4-8-44(42)32-56(54)64-58(52)34-50/h1-34H. The quantitative estimate of drug-likeness (QED) is 0.159. The van der Waals surface area contributed by atoms with Crippen molar-refractivity contribution in [2.24, 2.45) is 0 Å². The lowest BCUT2D eigenvalue weighted by molar-refractivity contribution is 0.669. The van der Waals surface area contributed by atoms with Crippen molar-refractivity contribution in [3.63, 3.8) is 0 Å². The van der Waals surface area contributed by atoms with Crippen LogP contribution in [0.2, 0.25) is 0 Å². The van der Waals surface area contributed by atoms with Crippen LogP contribution in [0.25, 0.3) is 76.5 Å². The van der Waals surface area contributed by atoms with Crippen molar-refractivity contribution < 1.29 is 8.83 Å². The van der Waals surface area contributed by atoms with E-state index in [9.17, 15) is 10.5 Å². The first kappa shape index (κ1) is 36.7. The van der Waals surface area contributed by atoms with Crippen LogP contribution in [0.3, 0.4) is 0 Å². The summed E-state index contributed by atoms with van der Waals surface area (Å²) in [6.07, 6.45) is 0. The van der Waals surface area contributed by atoms with Gasteiger partial charge >= 0.3 is 0 Å². The van der Waals surface area contributed by atoms with Crippen molar-refractivity contribution in [1.82, 2.24) is 0 Å². The van der Waals surface area contributed by atoms with Gasteiger partial charge in [0.15, 0.2) is 0 Å². The van der Waals surface area contributed by atoms with Crippen LogP contribution in [-0.4, -0.2) is 0 Å². The summed E-state index contributed by atoms with van der Waals surface area (Å²) in [7, 11) is 0. The van der Waals surface area contributed by atoms with Crippen molar-refractivity contribution in [2.75, 3.05) is 9.80 Å². The third-order valence-electron chi connectivity index (χ3n) is 12.3. The predicted molar refractivity (Wildman–Crippen MR) is 260 cm³/mol. The zero-order valence-corrected chi connectivity index (χ0v) is 34.2. The summed E-state index contributed by atoms with van der Waals surface area (Å²) in [6.45, 7) is 0. The Morgan fingerprint density at radius 1 is 0.297 bits per heavy atom. The lowest BCUT2D eigenvalue weighted by Gasteiger charge is -2.26. The number of rotatable bonds is 7. The minimum absolute atomic E-state index is 0.601. The fourth-order valence-corrected chi connectivity index (χ4v) is 9.05. The summed E-state index contributed by atoms with van der Waals surface area (Å²) in [5.41, 5.74) is 12.3. The van der Waals surface area contributed by atoms with E-state index < -0.39 is 0 Å². The van der Waals surface area contributed by atoms with Crippen LogP contribution in [0, 0.1) is 22.7 Å². The number of furan rings is 2. The maximum Gasteiger partial charge on any atom is 0.137 e. The van der Waals surface area contributed by atoms with E-state index in [1.54, 1.807) is 0 Å². The SMILES string of the molecule is N#Cc1ccc(N(c2ccc(-c3ccc(N(c4ccc(C#N)cc4)c4ccc5c(c4)oc4cc6ccccc6cc45)cc3)cc2)c2ccc3c(c2)oc2cc4ccccc4cc23)cc1. The van der Waals surface area contributed by atoms with Gasteiger partial charge in [-0.25, -0.2) is 0 Å². The summed E-state index contributed by atoms with van der Waals surface area (Å²) < 4.78 is 13.0. The van der Waals surface area contributed by atoms with Gasteiger partial charge in [-0.15, -0.1) is 0 Å². The maximum atomic E-state index is 9.58. The maximum absolute atomic E-state index is 9.58. The van der Waals surface area contributed by atoms with Gasteiger partial charge in [-0.05, 0) is 154 Å². The highest BCUT2D eigenvalue weighted by atomic mass is 16.3. The average Bonchev–Trinajstić information content (AvgIpc) is 3.89. The molecule has 0 saturated heterocycles. The zero-order valence-electron chi connectivity index (χ0n) is 34.2. The van der Waals surface area contributed by atoms with Crippen molar-refractivity contribution in [1.29, 1.82) is 10.5 Å². The molecule has 2 aromatic heterocycles. The molecule has 0 aliphatic rings. The number of nitriles is 2. The van der Waals surface area contributed by atoms with Gasteiger partial charge in [-0.1, -0.05) is 72.8 Å². The molecule has 12 aromatic rings. The second-order valence-electron chi connectivity index (χ2n) is 16.0. The molecule has 64 heavy (non-hydrogen) atoms. The van der Waals surface area contributed by atoms with Crippen LogP contribution in [0.15, 0.2) is 215 Å². The fraction of sp³-hybridized carbons (Fsp3) is 0. The van der Waals surface area contributed by atoms with E-state index in [4.69, 9.17) is 8.83 Å². The van der Waals surface area contributed by atoms with E-state index in [1.165, 1.54) is 10.8 Å². The Morgan fingerprint density at radius 3 is 0.969 bits per heavy atom. The molecule has 12 rings (SSSR count). The number of fused-ring (bicyclic) bond motifs is 8. The van der Waals surface area contributed by atoms with E-state index in [-0.39, 0.29) is 0 Å². The minimum Gasteiger partial charge on any atom is -0.456 e. The van der Waals surface area contributed by atoms with Gasteiger partial charge in [-0.2, -0.15) is 10.5 Å². The number of hydrogen-bond donors (Lipinski definition) is 0. The molecule has 298 valence electrons.